The van der Waals surface area contributed by atoms with Crippen molar-refractivity contribution in [3.63, 3.8) is 0 Å². The van der Waals surface area contributed by atoms with Gasteiger partial charge in [-0.25, -0.2) is 0 Å². The minimum absolute atomic E-state index is 0. The van der Waals surface area contributed by atoms with Crippen molar-refractivity contribution in [1.29, 1.82) is 0 Å². The molecule has 0 spiro atoms. The zero-order valence-electron chi connectivity index (χ0n) is 16.1. The summed E-state index contributed by atoms with van der Waals surface area (Å²) in [5.41, 5.74) is 0. The summed E-state index contributed by atoms with van der Waals surface area (Å²) in [5.74, 6) is 2.19. The van der Waals surface area contributed by atoms with Gasteiger partial charge < -0.3 is 24.8 Å². The minimum atomic E-state index is -0.585. The summed E-state index contributed by atoms with van der Waals surface area (Å²) >= 11 is 5.95. The van der Waals surface area contributed by atoms with Gasteiger partial charge in [-0.1, -0.05) is 17.7 Å². The molecular formula is C19H31ClIN3O3. The van der Waals surface area contributed by atoms with Crippen LogP contribution < -0.4 is 10.1 Å². The van der Waals surface area contributed by atoms with Crippen LogP contribution in [0.25, 0.3) is 0 Å². The first-order valence-corrected chi connectivity index (χ1v) is 9.60. The fourth-order valence-corrected chi connectivity index (χ4v) is 2.51. The summed E-state index contributed by atoms with van der Waals surface area (Å²) in [6.07, 6.45) is 1.92. The Morgan fingerprint density at radius 2 is 2.22 bits per heavy atom. The van der Waals surface area contributed by atoms with Crippen molar-refractivity contribution < 1.29 is 14.6 Å². The van der Waals surface area contributed by atoms with Crippen LogP contribution in [0.1, 0.15) is 19.8 Å². The Kier molecular flexibility index (Phi) is 12.1. The number of guanidine groups is 1. The van der Waals surface area contributed by atoms with E-state index in [1.165, 1.54) is 12.8 Å². The van der Waals surface area contributed by atoms with Crippen molar-refractivity contribution in [2.45, 2.75) is 25.9 Å². The summed E-state index contributed by atoms with van der Waals surface area (Å²) in [7, 11) is 1.94. The van der Waals surface area contributed by atoms with E-state index in [-0.39, 0.29) is 24.0 Å². The first-order valence-electron chi connectivity index (χ1n) is 9.22. The number of benzene rings is 1. The molecule has 0 aliphatic heterocycles. The maximum absolute atomic E-state index is 10.0. The van der Waals surface area contributed by atoms with Gasteiger partial charge in [0.15, 0.2) is 5.96 Å². The molecule has 1 saturated carbocycles. The van der Waals surface area contributed by atoms with Gasteiger partial charge in [-0.3, -0.25) is 4.99 Å². The largest absolute Gasteiger partial charge is 0.492 e. The number of nitrogens with zero attached hydrogens (tertiary/aromatic N) is 2. The highest BCUT2D eigenvalue weighted by molar-refractivity contribution is 14.0. The summed E-state index contributed by atoms with van der Waals surface area (Å²) in [5, 5.41) is 13.9. The van der Waals surface area contributed by atoms with Crippen molar-refractivity contribution in [3.05, 3.63) is 29.3 Å². The standard InChI is InChI=1S/C19H30ClN3O3.HI/c1-3-21-19(22-12-17(24)14-25-13-15-7-8-15)23(2)9-10-26-18-6-4-5-16(20)11-18;/h4-6,11,15,17,24H,3,7-10,12-14H2,1-2H3,(H,21,22);1H. The molecule has 1 aliphatic carbocycles. The number of aliphatic hydroxyl groups excluding tert-OH is 1. The first-order chi connectivity index (χ1) is 12.6. The molecule has 1 fully saturated rings. The van der Waals surface area contributed by atoms with Crippen LogP contribution in [-0.4, -0.2) is 68.6 Å². The number of hydrogen-bond donors (Lipinski definition) is 2. The van der Waals surface area contributed by atoms with Crippen LogP contribution in [0.4, 0.5) is 0 Å². The molecule has 1 atom stereocenters. The van der Waals surface area contributed by atoms with Gasteiger partial charge in [0.25, 0.3) is 0 Å². The SMILES string of the molecule is CCNC(=NCC(O)COCC1CC1)N(C)CCOc1cccc(Cl)c1.I. The van der Waals surface area contributed by atoms with E-state index in [1.807, 2.05) is 37.1 Å². The number of ether oxygens (including phenoxy) is 2. The van der Waals surface area contributed by atoms with Gasteiger partial charge in [0, 0.05) is 25.2 Å². The molecule has 2 N–H and O–H groups in total. The third kappa shape index (κ3) is 10.4. The molecule has 1 aromatic rings. The predicted octanol–water partition coefficient (Wildman–Crippen LogP) is 3.02. The van der Waals surface area contributed by atoms with E-state index in [1.54, 1.807) is 6.07 Å². The molecule has 1 unspecified atom stereocenters. The smallest absolute Gasteiger partial charge is 0.193 e. The summed E-state index contributed by atoms with van der Waals surface area (Å²) in [6, 6.07) is 7.34. The van der Waals surface area contributed by atoms with Gasteiger partial charge in [0.05, 0.1) is 25.8 Å². The molecule has 0 aromatic heterocycles. The number of nitrogens with one attached hydrogen (secondary N) is 1. The molecule has 0 radical (unpaired) electrons. The molecule has 0 saturated heterocycles. The number of halogens is 2. The minimum Gasteiger partial charge on any atom is -0.492 e. The molecule has 0 bridgehead atoms. The van der Waals surface area contributed by atoms with E-state index >= 15 is 0 Å². The van der Waals surface area contributed by atoms with Crippen molar-refractivity contribution in [3.8, 4) is 5.75 Å². The van der Waals surface area contributed by atoms with Crippen molar-refractivity contribution in [2.75, 3.05) is 46.5 Å². The number of likely N-dealkylation sites (N-methyl/N-ethyl adjacent to an activating group) is 1. The van der Waals surface area contributed by atoms with E-state index in [9.17, 15) is 5.11 Å². The lowest BCUT2D eigenvalue weighted by molar-refractivity contribution is 0.0367. The van der Waals surface area contributed by atoms with Gasteiger partial charge >= 0.3 is 0 Å². The fraction of sp³-hybridized carbons (Fsp3) is 0.632. The number of rotatable bonds is 11. The zero-order valence-corrected chi connectivity index (χ0v) is 19.2. The molecular weight excluding hydrogens is 481 g/mol. The van der Waals surface area contributed by atoms with Crippen LogP contribution in [-0.2, 0) is 4.74 Å². The van der Waals surface area contributed by atoms with Crippen LogP contribution in [0.3, 0.4) is 0 Å². The second-order valence-electron chi connectivity index (χ2n) is 6.56. The highest BCUT2D eigenvalue weighted by Crippen LogP contribution is 2.28. The van der Waals surface area contributed by atoms with Crippen LogP contribution >= 0.6 is 35.6 Å². The van der Waals surface area contributed by atoms with Gasteiger partial charge in [-0.15, -0.1) is 24.0 Å². The third-order valence-corrected chi connectivity index (χ3v) is 4.24. The topological polar surface area (TPSA) is 66.3 Å². The van der Waals surface area contributed by atoms with E-state index < -0.39 is 6.10 Å². The molecule has 0 heterocycles. The summed E-state index contributed by atoms with van der Waals surface area (Å²) < 4.78 is 11.2. The van der Waals surface area contributed by atoms with E-state index in [0.29, 0.717) is 37.2 Å². The normalized spacial score (nSPS) is 15.0. The lowest BCUT2D eigenvalue weighted by Crippen LogP contribution is -2.41. The quantitative estimate of drug-likeness (QED) is 0.272. The molecule has 2 rings (SSSR count). The molecule has 8 heteroatoms. The highest BCUT2D eigenvalue weighted by atomic mass is 127. The molecule has 1 aromatic carbocycles. The summed E-state index contributed by atoms with van der Waals surface area (Å²) in [4.78, 5) is 6.47. The molecule has 27 heavy (non-hydrogen) atoms. The lowest BCUT2D eigenvalue weighted by Gasteiger charge is -2.22. The molecule has 6 nitrogen and oxygen atoms in total. The Morgan fingerprint density at radius 1 is 1.44 bits per heavy atom. The monoisotopic (exact) mass is 511 g/mol. The Labute approximate surface area is 184 Å². The maximum atomic E-state index is 10.0. The van der Waals surface area contributed by atoms with Gasteiger partial charge in [-0.05, 0) is 43.9 Å². The highest BCUT2D eigenvalue weighted by Gasteiger charge is 2.21. The van der Waals surface area contributed by atoms with Crippen molar-refractivity contribution in [2.24, 2.45) is 10.9 Å². The Bertz CT molecular complexity index is 573. The van der Waals surface area contributed by atoms with Crippen molar-refractivity contribution >= 4 is 41.5 Å². The van der Waals surface area contributed by atoms with E-state index in [4.69, 9.17) is 21.1 Å². The second kappa shape index (κ2) is 13.4. The Hall–Kier alpha value is -0.770. The predicted molar refractivity (Wildman–Crippen MR) is 121 cm³/mol. The van der Waals surface area contributed by atoms with Crippen molar-refractivity contribution in [1.82, 2.24) is 10.2 Å². The van der Waals surface area contributed by atoms with E-state index in [2.05, 4.69) is 10.3 Å². The van der Waals surface area contributed by atoms with Gasteiger partial charge in [-0.2, -0.15) is 0 Å². The van der Waals surface area contributed by atoms with Crippen LogP contribution in [0.5, 0.6) is 5.75 Å². The zero-order chi connectivity index (χ0) is 18.8. The Morgan fingerprint density at radius 3 is 2.89 bits per heavy atom. The molecule has 1 aliphatic rings. The van der Waals surface area contributed by atoms with Crippen LogP contribution in [0.15, 0.2) is 29.3 Å². The average Bonchev–Trinajstić information content (AvgIpc) is 3.43. The van der Waals surface area contributed by atoms with Crippen LogP contribution in [0.2, 0.25) is 5.02 Å². The number of hydrogen-bond acceptors (Lipinski definition) is 4. The molecule has 0 amide bonds. The van der Waals surface area contributed by atoms with E-state index in [0.717, 1.165) is 24.9 Å². The summed E-state index contributed by atoms with van der Waals surface area (Å²) in [6.45, 7) is 5.34. The van der Waals surface area contributed by atoms with Crippen LogP contribution in [0, 0.1) is 5.92 Å². The molecule has 154 valence electrons. The maximum Gasteiger partial charge on any atom is 0.193 e. The number of aliphatic imine (C=N–C) groups is 1. The average molecular weight is 512 g/mol. The van der Waals surface area contributed by atoms with Gasteiger partial charge in [0.1, 0.15) is 12.4 Å². The third-order valence-electron chi connectivity index (χ3n) is 4.00. The Balaban J connectivity index is 0.00000364. The lowest BCUT2D eigenvalue weighted by atomic mass is 10.3. The fourth-order valence-electron chi connectivity index (χ4n) is 2.33. The number of aliphatic hydroxyl groups is 1. The first kappa shape index (κ1) is 24.3. The van der Waals surface area contributed by atoms with Gasteiger partial charge in [0.2, 0.25) is 0 Å². The second-order valence-corrected chi connectivity index (χ2v) is 6.99.